The van der Waals surface area contributed by atoms with Crippen LogP contribution in [0.15, 0.2) is 12.1 Å². The van der Waals surface area contributed by atoms with Gasteiger partial charge in [0.15, 0.2) is 5.82 Å². The van der Waals surface area contributed by atoms with Crippen LogP contribution in [0.3, 0.4) is 0 Å². The van der Waals surface area contributed by atoms with Crippen molar-refractivity contribution in [2.24, 2.45) is 0 Å². The molecule has 2 fully saturated rings. The molecule has 1 aromatic rings. The predicted octanol–water partition coefficient (Wildman–Crippen LogP) is 1.91. The van der Waals surface area contributed by atoms with Gasteiger partial charge in [-0.1, -0.05) is 0 Å². The number of morpholine rings is 1. The van der Waals surface area contributed by atoms with Crippen LogP contribution >= 0.6 is 22.6 Å². The molecule has 126 valence electrons. The van der Waals surface area contributed by atoms with Gasteiger partial charge in [-0.05, 0) is 55.5 Å². The van der Waals surface area contributed by atoms with Crippen molar-refractivity contribution in [3.8, 4) is 0 Å². The van der Waals surface area contributed by atoms with Crippen LogP contribution in [-0.2, 0) is 9.47 Å². The zero-order chi connectivity index (χ0) is 16.6. The molecule has 2 aliphatic heterocycles. The van der Waals surface area contributed by atoms with Crippen molar-refractivity contribution >= 4 is 34.5 Å². The number of hydrogen-bond donors (Lipinski definition) is 0. The summed E-state index contributed by atoms with van der Waals surface area (Å²) in [4.78, 5) is 16.2. The minimum absolute atomic E-state index is 0.0163. The van der Waals surface area contributed by atoms with E-state index in [2.05, 4.69) is 37.7 Å². The van der Waals surface area contributed by atoms with Crippen LogP contribution in [0, 0.1) is 3.70 Å². The fourth-order valence-corrected chi connectivity index (χ4v) is 3.20. The van der Waals surface area contributed by atoms with E-state index in [1.54, 1.807) is 4.90 Å². The molecule has 3 heterocycles. The SMILES string of the molecule is CC(C)(C)OC(=O)N1C[C@H]2OCCN(c3ccc(I)nn3)[C@H]2C1. The summed E-state index contributed by atoms with van der Waals surface area (Å²) in [6.07, 6.45) is -0.304. The number of hydrogen-bond acceptors (Lipinski definition) is 6. The van der Waals surface area contributed by atoms with Gasteiger partial charge in [0.25, 0.3) is 0 Å². The summed E-state index contributed by atoms with van der Waals surface area (Å²) >= 11 is 2.14. The number of carbonyl (C=O) groups is 1. The molecule has 2 aliphatic rings. The quantitative estimate of drug-likeness (QED) is 0.632. The van der Waals surface area contributed by atoms with Gasteiger partial charge in [0, 0.05) is 13.1 Å². The topological polar surface area (TPSA) is 67.8 Å². The molecule has 2 saturated heterocycles. The van der Waals surface area contributed by atoms with Crippen LogP contribution in [0.2, 0.25) is 0 Å². The summed E-state index contributed by atoms with van der Waals surface area (Å²) < 4.78 is 12.2. The second kappa shape index (κ2) is 6.39. The number of likely N-dealkylation sites (tertiary alicyclic amines) is 1. The van der Waals surface area contributed by atoms with Crippen molar-refractivity contribution in [2.75, 3.05) is 31.1 Å². The lowest BCUT2D eigenvalue weighted by Crippen LogP contribution is -2.51. The lowest BCUT2D eigenvalue weighted by atomic mass is 10.1. The molecule has 0 radical (unpaired) electrons. The van der Waals surface area contributed by atoms with Crippen molar-refractivity contribution < 1.29 is 14.3 Å². The molecule has 0 aliphatic carbocycles. The van der Waals surface area contributed by atoms with Gasteiger partial charge < -0.3 is 19.3 Å². The Hall–Kier alpha value is -1.16. The average Bonchev–Trinajstić information content (AvgIpc) is 2.90. The molecular formula is C15H21IN4O3. The van der Waals surface area contributed by atoms with Crippen molar-refractivity contribution in [2.45, 2.75) is 38.5 Å². The molecule has 7 nitrogen and oxygen atoms in total. The zero-order valence-corrected chi connectivity index (χ0v) is 15.7. The van der Waals surface area contributed by atoms with Gasteiger partial charge in [0.2, 0.25) is 0 Å². The van der Waals surface area contributed by atoms with Gasteiger partial charge in [-0.3, -0.25) is 0 Å². The molecule has 23 heavy (non-hydrogen) atoms. The van der Waals surface area contributed by atoms with Crippen LogP contribution in [0.5, 0.6) is 0 Å². The Balaban J connectivity index is 1.72. The molecule has 0 aromatic carbocycles. The van der Waals surface area contributed by atoms with Crippen LogP contribution in [-0.4, -0.2) is 65.2 Å². The molecular weight excluding hydrogens is 411 g/mol. The number of amides is 1. The maximum Gasteiger partial charge on any atom is 0.410 e. The monoisotopic (exact) mass is 432 g/mol. The van der Waals surface area contributed by atoms with E-state index in [9.17, 15) is 4.79 Å². The molecule has 0 unspecified atom stereocenters. The zero-order valence-electron chi connectivity index (χ0n) is 13.5. The van der Waals surface area contributed by atoms with E-state index < -0.39 is 5.60 Å². The highest BCUT2D eigenvalue weighted by Gasteiger charge is 2.43. The van der Waals surface area contributed by atoms with E-state index in [-0.39, 0.29) is 18.2 Å². The van der Waals surface area contributed by atoms with Crippen LogP contribution in [0.1, 0.15) is 20.8 Å². The minimum atomic E-state index is -0.493. The Bertz CT molecular complexity index is 575. The smallest absolute Gasteiger partial charge is 0.410 e. The molecule has 3 rings (SSSR count). The van der Waals surface area contributed by atoms with Gasteiger partial charge in [-0.25, -0.2) is 4.79 Å². The second-order valence-corrected chi connectivity index (χ2v) is 7.87. The summed E-state index contributed by atoms with van der Waals surface area (Å²) in [6.45, 7) is 8.12. The lowest BCUT2D eigenvalue weighted by molar-refractivity contribution is 0.0162. The Morgan fingerprint density at radius 3 is 2.78 bits per heavy atom. The minimum Gasteiger partial charge on any atom is -0.444 e. The molecule has 8 heteroatoms. The summed E-state index contributed by atoms with van der Waals surface area (Å²) in [5, 5.41) is 8.39. The van der Waals surface area contributed by atoms with Crippen molar-refractivity contribution in [1.29, 1.82) is 0 Å². The van der Waals surface area contributed by atoms with Gasteiger partial charge in [0.05, 0.1) is 25.3 Å². The van der Waals surface area contributed by atoms with E-state index in [1.165, 1.54) is 0 Å². The Labute approximate surface area is 149 Å². The van der Waals surface area contributed by atoms with E-state index in [4.69, 9.17) is 9.47 Å². The number of fused-ring (bicyclic) bond motifs is 1. The Kier molecular flexibility index (Phi) is 4.63. The molecule has 0 saturated carbocycles. The Morgan fingerprint density at radius 2 is 2.13 bits per heavy atom. The summed E-state index contributed by atoms with van der Waals surface area (Å²) in [5.74, 6) is 0.828. The van der Waals surface area contributed by atoms with Gasteiger partial charge in [0.1, 0.15) is 9.30 Å². The number of ether oxygens (including phenoxy) is 2. The first kappa shape index (κ1) is 16.7. The highest BCUT2D eigenvalue weighted by molar-refractivity contribution is 14.1. The first-order valence-corrected chi connectivity index (χ1v) is 8.77. The molecule has 0 bridgehead atoms. The molecule has 0 spiro atoms. The third-order valence-corrected chi connectivity index (χ3v) is 4.44. The van der Waals surface area contributed by atoms with E-state index in [0.29, 0.717) is 19.7 Å². The lowest BCUT2D eigenvalue weighted by Gasteiger charge is -2.37. The number of nitrogens with zero attached hydrogens (tertiary/aromatic N) is 4. The highest BCUT2D eigenvalue weighted by atomic mass is 127. The summed E-state index contributed by atoms with van der Waals surface area (Å²) in [7, 11) is 0. The van der Waals surface area contributed by atoms with E-state index in [1.807, 2.05) is 32.9 Å². The Morgan fingerprint density at radius 1 is 1.35 bits per heavy atom. The summed E-state index contributed by atoms with van der Waals surface area (Å²) in [5.41, 5.74) is -0.493. The first-order chi connectivity index (χ1) is 10.8. The maximum atomic E-state index is 12.3. The fourth-order valence-electron chi connectivity index (χ4n) is 2.91. The normalized spacial score (nSPS) is 24.5. The number of halogens is 1. The van der Waals surface area contributed by atoms with Gasteiger partial charge >= 0.3 is 6.09 Å². The number of anilines is 1. The number of aromatic nitrogens is 2. The third-order valence-electron chi connectivity index (χ3n) is 3.87. The van der Waals surface area contributed by atoms with Gasteiger partial charge in [-0.2, -0.15) is 0 Å². The first-order valence-electron chi connectivity index (χ1n) is 7.69. The highest BCUT2D eigenvalue weighted by Crippen LogP contribution is 2.27. The fraction of sp³-hybridized carbons (Fsp3) is 0.667. The maximum absolute atomic E-state index is 12.3. The standard InChI is InChI=1S/C15H21IN4O3/c1-15(2,3)23-14(21)19-8-10-11(9-19)22-7-6-20(10)13-5-4-12(16)17-18-13/h4-5,10-11H,6-9H2,1-3H3/t10-,11+/m0/s1. The second-order valence-electron chi connectivity index (χ2n) is 6.77. The van der Waals surface area contributed by atoms with Crippen LogP contribution in [0.25, 0.3) is 0 Å². The number of carbonyl (C=O) groups excluding carboxylic acids is 1. The van der Waals surface area contributed by atoms with Crippen molar-refractivity contribution in [3.63, 3.8) is 0 Å². The average molecular weight is 432 g/mol. The molecule has 2 atom stereocenters. The van der Waals surface area contributed by atoms with Crippen molar-refractivity contribution in [3.05, 3.63) is 15.8 Å². The van der Waals surface area contributed by atoms with E-state index in [0.717, 1.165) is 16.1 Å². The van der Waals surface area contributed by atoms with Crippen molar-refractivity contribution in [1.82, 2.24) is 15.1 Å². The molecule has 1 amide bonds. The van der Waals surface area contributed by atoms with E-state index >= 15 is 0 Å². The van der Waals surface area contributed by atoms with Crippen LogP contribution < -0.4 is 4.90 Å². The largest absolute Gasteiger partial charge is 0.444 e. The predicted molar refractivity (Wildman–Crippen MR) is 93.4 cm³/mol. The third kappa shape index (κ3) is 3.85. The number of rotatable bonds is 1. The molecule has 1 aromatic heterocycles. The van der Waals surface area contributed by atoms with Crippen LogP contribution in [0.4, 0.5) is 10.6 Å². The molecule has 0 N–H and O–H groups in total. The summed E-state index contributed by atoms with van der Waals surface area (Å²) in [6, 6.07) is 3.99. The van der Waals surface area contributed by atoms with Gasteiger partial charge in [-0.15, -0.1) is 10.2 Å².